The van der Waals surface area contributed by atoms with Crippen LogP contribution in [0.2, 0.25) is 0 Å². The highest BCUT2D eigenvalue weighted by atomic mass is 19.1. The number of nitrogens with zero attached hydrogens (tertiary/aromatic N) is 5. The molecule has 3 aromatic rings. The average molecular weight is 369 g/mol. The van der Waals surface area contributed by atoms with E-state index in [1.807, 2.05) is 18.5 Å². The zero-order valence-electron chi connectivity index (χ0n) is 15.9. The molecule has 3 heterocycles. The molecule has 1 aromatic carbocycles. The fourth-order valence-electron chi connectivity index (χ4n) is 3.85. The second-order valence-electron chi connectivity index (χ2n) is 7.20. The van der Waals surface area contributed by atoms with Gasteiger partial charge in [0.05, 0.1) is 17.4 Å². The van der Waals surface area contributed by atoms with Gasteiger partial charge in [0.1, 0.15) is 5.82 Å². The third kappa shape index (κ3) is 3.51. The summed E-state index contributed by atoms with van der Waals surface area (Å²) in [6, 6.07) is 6.58. The van der Waals surface area contributed by atoms with Crippen LogP contribution in [0.25, 0.3) is 5.69 Å². The number of likely N-dealkylation sites (tertiary alicyclic amines) is 1. The van der Waals surface area contributed by atoms with Crippen molar-refractivity contribution < 1.29 is 8.91 Å². The van der Waals surface area contributed by atoms with Gasteiger partial charge in [-0.05, 0) is 64.4 Å². The van der Waals surface area contributed by atoms with Crippen molar-refractivity contribution in [3.05, 3.63) is 58.7 Å². The van der Waals surface area contributed by atoms with Crippen LogP contribution in [0.4, 0.5) is 4.39 Å². The number of piperidine rings is 1. The molecule has 6 nitrogen and oxygen atoms in total. The molecule has 1 saturated heterocycles. The number of halogens is 1. The number of aromatic nitrogens is 4. The summed E-state index contributed by atoms with van der Waals surface area (Å²) in [5.41, 5.74) is 4.13. The van der Waals surface area contributed by atoms with Crippen molar-refractivity contribution in [1.29, 1.82) is 0 Å². The lowest BCUT2D eigenvalue weighted by Gasteiger charge is -2.33. The summed E-state index contributed by atoms with van der Waals surface area (Å²) in [6.07, 6.45) is 3.34. The monoisotopic (exact) mass is 369 g/mol. The summed E-state index contributed by atoms with van der Waals surface area (Å²) >= 11 is 0. The third-order valence-corrected chi connectivity index (χ3v) is 5.32. The van der Waals surface area contributed by atoms with Crippen molar-refractivity contribution in [2.24, 2.45) is 0 Å². The van der Waals surface area contributed by atoms with E-state index in [1.165, 1.54) is 17.7 Å². The SMILES string of the molecule is Cc1noc(C2CCCCN2Cc2c(C)nn(-c3ccc(F)cc3)c2C)n1. The van der Waals surface area contributed by atoms with Crippen LogP contribution in [0.5, 0.6) is 0 Å². The molecule has 4 rings (SSSR count). The van der Waals surface area contributed by atoms with Gasteiger partial charge in [-0.3, -0.25) is 4.90 Å². The van der Waals surface area contributed by atoms with Crippen molar-refractivity contribution in [3.63, 3.8) is 0 Å². The molecule has 1 fully saturated rings. The highest BCUT2D eigenvalue weighted by molar-refractivity contribution is 5.37. The number of rotatable bonds is 4. The Labute approximate surface area is 158 Å². The van der Waals surface area contributed by atoms with E-state index in [0.29, 0.717) is 11.7 Å². The van der Waals surface area contributed by atoms with E-state index in [0.717, 1.165) is 49.4 Å². The lowest BCUT2D eigenvalue weighted by Crippen LogP contribution is -2.33. The summed E-state index contributed by atoms with van der Waals surface area (Å²) in [6.45, 7) is 7.71. The van der Waals surface area contributed by atoms with E-state index < -0.39 is 0 Å². The fraction of sp³-hybridized carbons (Fsp3) is 0.450. The minimum atomic E-state index is -0.244. The minimum Gasteiger partial charge on any atom is -0.338 e. The molecule has 0 radical (unpaired) electrons. The Morgan fingerprint density at radius 2 is 1.93 bits per heavy atom. The number of aryl methyl sites for hydroxylation is 2. The van der Waals surface area contributed by atoms with Crippen LogP contribution in [-0.2, 0) is 6.54 Å². The van der Waals surface area contributed by atoms with Gasteiger partial charge in [0, 0.05) is 17.8 Å². The summed E-state index contributed by atoms with van der Waals surface area (Å²) in [5, 5.41) is 8.65. The predicted octanol–water partition coefficient (Wildman–Crippen LogP) is 4.05. The van der Waals surface area contributed by atoms with Crippen LogP contribution < -0.4 is 0 Å². The quantitative estimate of drug-likeness (QED) is 0.694. The first-order valence-electron chi connectivity index (χ1n) is 9.38. The second-order valence-corrected chi connectivity index (χ2v) is 7.20. The Morgan fingerprint density at radius 1 is 1.15 bits per heavy atom. The van der Waals surface area contributed by atoms with Crippen LogP contribution >= 0.6 is 0 Å². The highest BCUT2D eigenvalue weighted by Gasteiger charge is 2.30. The Morgan fingerprint density at radius 3 is 2.63 bits per heavy atom. The van der Waals surface area contributed by atoms with E-state index in [9.17, 15) is 4.39 Å². The Bertz CT molecular complexity index is 931. The first-order chi connectivity index (χ1) is 13.0. The Hall–Kier alpha value is -2.54. The molecule has 27 heavy (non-hydrogen) atoms. The van der Waals surface area contributed by atoms with E-state index in [-0.39, 0.29) is 11.9 Å². The van der Waals surface area contributed by atoms with Gasteiger partial charge in [0.15, 0.2) is 5.82 Å². The van der Waals surface area contributed by atoms with Gasteiger partial charge in [-0.25, -0.2) is 9.07 Å². The van der Waals surface area contributed by atoms with Crippen LogP contribution in [0.3, 0.4) is 0 Å². The zero-order chi connectivity index (χ0) is 19.0. The van der Waals surface area contributed by atoms with Crippen LogP contribution in [-0.4, -0.2) is 31.4 Å². The number of hydrogen-bond acceptors (Lipinski definition) is 5. The molecule has 0 saturated carbocycles. The van der Waals surface area contributed by atoms with Crippen LogP contribution in [0.1, 0.15) is 54.0 Å². The van der Waals surface area contributed by atoms with Gasteiger partial charge in [-0.15, -0.1) is 0 Å². The molecule has 7 heteroatoms. The Kier molecular flexibility index (Phi) is 4.78. The van der Waals surface area contributed by atoms with Gasteiger partial charge in [-0.2, -0.15) is 10.1 Å². The summed E-state index contributed by atoms with van der Waals surface area (Å²) in [4.78, 5) is 6.86. The maximum Gasteiger partial charge on any atom is 0.243 e. The van der Waals surface area contributed by atoms with Gasteiger partial charge in [-0.1, -0.05) is 11.6 Å². The molecule has 142 valence electrons. The molecule has 0 amide bonds. The molecule has 0 aliphatic carbocycles. The Balaban J connectivity index is 1.62. The predicted molar refractivity (Wildman–Crippen MR) is 99.0 cm³/mol. The average Bonchev–Trinajstić information content (AvgIpc) is 3.21. The van der Waals surface area contributed by atoms with Crippen molar-refractivity contribution in [3.8, 4) is 5.69 Å². The lowest BCUT2D eigenvalue weighted by atomic mass is 10.0. The molecule has 1 unspecified atom stereocenters. The van der Waals surface area contributed by atoms with E-state index in [2.05, 4.69) is 22.0 Å². The maximum atomic E-state index is 13.2. The molecule has 2 aromatic heterocycles. The standard InChI is InChI=1S/C20H24FN5O/c1-13-18(14(2)26(23-13)17-9-7-16(21)8-10-17)12-25-11-5-4-6-19(25)20-22-15(3)24-27-20/h7-10,19H,4-6,11-12H2,1-3H3. The van der Waals surface area contributed by atoms with Gasteiger partial charge >= 0.3 is 0 Å². The molecule has 0 N–H and O–H groups in total. The molecule has 1 aliphatic rings. The smallest absolute Gasteiger partial charge is 0.243 e. The molecular formula is C20H24FN5O. The normalized spacial score (nSPS) is 18.1. The summed E-state index contributed by atoms with van der Waals surface area (Å²) in [5.74, 6) is 1.13. The summed E-state index contributed by atoms with van der Waals surface area (Å²) < 4.78 is 20.6. The largest absolute Gasteiger partial charge is 0.338 e. The van der Waals surface area contributed by atoms with Crippen molar-refractivity contribution >= 4 is 0 Å². The van der Waals surface area contributed by atoms with E-state index in [1.54, 1.807) is 12.1 Å². The number of benzene rings is 1. The highest BCUT2D eigenvalue weighted by Crippen LogP contribution is 2.32. The third-order valence-electron chi connectivity index (χ3n) is 5.32. The van der Waals surface area contributed by atoms with Gasteiger partial charge in [0.2, 0.25) is 5.89 Å². The topological polar surface area (TPSA) is 60.0 Å². The zero-order valence-corrected chi connectivity index (χ0v) is 15.9. The van der Waals surface area contributed by atoms with Gasteiger partial charge in [0.25, 0.3) is 0 Å². The fourth-order valence-corrected chi connectivity index (χ4v) is 3.85. The van der Waals surface area contributed by atoms with E-state index >= 15 is 0 Å². The van der Waals surface area contributed by atoms with E-state index in [4.69, 9.17) is 9.62 Å². The van der Waals surface area contributed by atoms with Gasteiger partial charge < -0.3 is 4.52 Å². The second kappa shape index (κ2) is 7.23. The van der Waals surface area contributed by atoms with Crippen molar-refractivity contribution in [2.75, 3.05) is 6.54 Å². The van der Waals surface area contributed by atoms with Crippen molar-refractivity contribution in [2.45, 2.75) is 52.6 Å². The first kappa shape index (κ1) is 17.9. The first-order valence-corrected chi connectivity index (χ1v) is 9.38. The molecule has 0 bridgehead atoms. The maximum absolute atomic E-state index is 13.2. The molecule has 1 atom stereocenters. The van der Waals surface area contributed by atoms with Crippen LogP contribution in [0.15, 0.2) is 28.8 Å². The number of hydrogen-bond donors (Lipinski definition) is 0. The minimum absolute atomic E-state index is 0.146. The van der Waals surface area contributed by atoms with Crippen LogP contribution in [0, 0.1) is 26.6 Å². The molecular weight excluding hydrogens is 345 g/mol. The summed E-state index contributed by atoms with van der Waals surface area (Å²) in [7, 11) is 0. The molecule has 0 spiro atoms. The van der Waals surface area contributed by atoms with Crippen molar-refractivity contribution in [1.82, 2.24) is 24.8 Å². The lowest BCUT2D eigenvalue weighted by molar-refractivity contribution is 0.111. The molecule has 1 aliphatic heterocycles.